The van der Waals surface area contributed by atoms with Gasteiger partial charge in [-0.3, -0.25) is 0 Å². The van der Waals surface area contributed by atoms with Gasteiger partial charge in [-0.2, -0.15) is 10.2 Å². The lowest BCUT2D eigenvalue weighted by Crippen LogP contribution is -2.56. The number of pyridine rings is 2. The van der Waals surface area contributed by atoms with Crippen LogP contribution in [0, 0.1) is 11.3 Å². The number of fused-ring (bicyclic) bond motifs is 1. The number of aryl methyl sites for hydroxylation is 1. The van der Waals surface area contributed by atoms with Crippen molar-refractivity contribution < 1.29 is 28.2 Å². The molecule has 12 heteroatoms. The third-order valence-corrected chi connectivity index (χ3v) is 13.2. The summed E-state index contributed by atoms with van der Waals surface area (Å²) in [6.07, 6.45) is 3.83. The average Bonchev–Trinajstić information content (AvgIpc) is 3.48. The third kappa shape index (κ3) is 6.22. The van der Waals surface area contributed by atoms with E-state index >= 15 is 0 Å². The Labute approximate surface area is 249 Å². The summed E-state index contributed by atoms with van der Waals surface area (Å²) in [5.74, 6) is 1.12. The minimum absolute atomic E-state index is 0.0274. The number of quaternary nitrogens is 1. The second-order valence-electron chi connectivity index (χ2n) is 12.4. The molecule has 2 unspecified atom stereocenters. The van der Waals surface area contributed by atoms with Crippen LogP contribution in [0.2, 0.25) is 18.1 Å². The van der Waals surface area contributed by atoms with E-state index in [-0.39, 0.29) is 16.7 Å². The summed E-state index contributed by atoms with van der Waals surface area (Å²) < 4.78 is 29.2. The fourth-order valence-corrected chi connectivity index (χ4v) is 6.14. The van der Waals surface area contributed by atoms with E-state index in [9.17, 15) is 10.1 Å². The molecule has 2 aromatic rings. The van der Waals surface area contributed by atoms with Gasteiger partial charge < -0.3 is 29.1 Å². The molecular weight excluding hydrogens is 554 g/mol. The van der Waals surface area contributed by atoms with Crippen molar-refractivity contribution in [2.45, 2.75) is 83.6 Å². The molecule has 0 spiro atoms. The minimum Gasteiger partial charge on any atom is -0.489 e. The Morgan fingerprint density at radius 2 is 2.00 bits per heavy atom. The van der Waals surface area contributed by atoms with Crippen LogP contribution in [0.25, 0.3) is 0 Å². The highest BCUT2D eigenvalue weighted by Crippen LogP contribution is 2.43. The monoisotopic (exact) mass is 598 g/mol. The first-order valence-corrected chi connectivity index (χ1v) is 17.3. The molecule has 2 amide bonds. The number of hydrogen-bond acceptors (Lipinski definition) is 9. The molecule has 4 heterocycles. The van der Waals surface area contributed by atoms with E-state index in [0.717, 1.165) is 24.0 Å². The highest BCUT2D eigenvalue weighted by Gasteiger charge is 2.48. The highest BCUT2D eigenvalue weighted by molar-refractivity contribution is 6.74. The first kappa shape index (κ1) is 32.0. The lowest BCUT2D eigenvalue weighted by atomic mass is 9.99. The Morgan fingerprint density at radius 3 is 2.60 bits per heavy atom. The van der Waals surface area contributed by atoms with Crippen molar-refractivity contribution in [3.63, 3.8) is 0 Å². The van der Waals surface area contributed by atoms with Gasteiger partial charge in [-0.1, -0.05) is 20.8 Å². The number of rotatable bonds is 10. The number of carbonyl (C=O) groups excluding carboxylic acids is 1. The van der Waals surface area contributed by atoms with Crippen LogP contribution in [0.15, 0.2) is 18.3 Å². The van der Waals surface area contributed by atoms with Crippen molar-refractivity contribution in [2.75, 3.05) is 34.0 Å². The highest BCUT2D eigenvalue weighted by atomic mass is 28.4. The second-order valence-corrected chi connectivity index (χ2v) is 17.2. The van der Waals surface area contributed by atoms with Gasteiger partial charge in [-0.05, 0) is 43.5 Å². The molecule has 0 saturated carbocycles. The summed E-state index contributed by atoms with van der Waals surface area (Å²) in [5, 5.41) is 9.76. The maximum atomic E-state index is 13.5. The van der Waals surface area contributed by atoms with Gasteiger partial charge >= 0.3 is 6.03 Å². The predicted octanol–water partition coefficient (Wildman–Crippen LogP) is 5.38. The SMILES string of the molecule is COC(OC)c1nc2c(cc1CO[Si](C)(C)C(C)(C)C)CCC[N+]2(C(N)=O)c1cc(OCC2CCCO2)c(C#N)cn1. The molecule has 0 aliphatic carbocycles. The van der Waals surface area contributed by atoms with E-state index < -0.39 is 25.1 Å². The maximum absolute atomic E-state index is 13.5. The molecule has 2 aliphatic heterocycles. The van der Waals surface area contributed by atoms with Crippen molar-refractivity contribution >= 4 is 26.0 Å². The van der Waals surface area contributed by atoms with Gasteiger partial charge in [-0.25, -0.2) is 9.78 Å². The number of carbonyl (C=O) groups is 1. The van der Waals surface area contributed by atoms with Crippen molar-refractivity contribution in [2.24, 2.45) is 5.73 Å². The number of nitrogens with zero attached hydrogens (tertiary/aromatic N) is 4. The molecule has 11 nitrogen and oxygen atoms in total. The standard InChI is InChI=1S/C30H43N5O6Si/c1-30(2,3)42(6,7)41-18-21-14-20-10-8-12-35(29(32)36,27(20)34-26(21)28(37-4)38-5)25-15-24(22(16-31)17-33-25)40-19-23-11-9-13-39-23/h14-15,17,23,28H,8-13,18-19H2,1-7H3,(H-,32,36)/p+1. The minimum atomic E-state index is -2.08. The number of urea groups is 1. The number of ether oxygens (including phenoxy) is 4. The molecule has 228 valence electrons. The molecule has 1 saturated heterocycles. The number of amides is 2. The maximum Gasteiger partial charge on any atom is 0.426 e. The van der Waals surface area contributed by atoms with Crippen molar-refractivity contribution in [1.29, 1.82) is 5.26 Å². The van der Waals surface area contributed by atoms with Gasteiger partial charge in [0, 0.05) is 38.4 Å². The fourth-order valence-electron chi connectivity index (χ4n) is 5.20. The quantitative estimate of drug-likeness (QED) is 0.217. The molecule has 2 aliphatic rings. The number of methoxy groups -OCH3 is 2. The van der Waals surface area contributed by atoms with Gasteiger partial charge in [-0.15, -0.1) is 4.48 Å². The summed E-state index contributed by atoms with van der Waals surface area (Å²) in [6.45, 7) is 12.7. The molecule has 0 bridgehead atoms. The Bertz CT molecular complexity index is 1330. The van der Waals surface area contributed by atoms with Gasteiger partial charge in [0.1, 0.15) is 36.2 Å². The van der Waals surface area contributed by atoms with Gasteiger partial charge in [0.15, 0.2) is 8.32 Å². The van der Waals surface area contributed by atoms with Crippen molar-refractivity contribution in [3.05, 3.63) is 40.7 Å². The summed E-state index contributed by atoms with van der Waals surface area (Å²) in [7, 11) is 1.01. The zero-order valence-corrected chi connectivity index (χ0v) is 26.9. The van der Waals surface area contributed by atoms with Crippen LogP contribution in [0.4, 0.5) is 16.4 Å². The number of primary amides is 1. The average molecular weight is 599 g/mol. The van der Waals surface area contributed by atoms with Gasteiger partial charge in [0.05, 0.1) is 25.0 Å². The zero-order chi connectivity index (χ0) is 30.7. The lowest BCUT2D eigenvalue weighted by Gasteiger charge is -2.37. The van der Waals surface area contributed by atoms with Crippen molar-refractivity contribution in [3.8, 4) is 11.8 Å². The van der Waals surface area contributed by atoms with E-state index in [4.69, 9.17) is 34.1 Å². The molecule has 42 heavy (non-hydrogen) atoms. The van der Waals surface area contributed by atoms with Crippen LogP contribution in [-0.2, 0) is 31.7 Å². The number of nitriles is 1. The van der Waals surface area contributed by atoms with Crippen LogP contribution < -0.4 is 15.0 Å². The molecule has 2 N–H and O–H groups in total. The molecule has 0 aromatic carbocycles. The molecule has 0 radical (unpaired) electrons. The molecule has 4 rings (SSSR count). The molecular formula is C30H44N5O6Si+. The smallest absolute Gasteiger partial charge is 0.426 e. The number of nitrogens with two attached hydrogens (primary N) is 1. The second kappa shape index (κ2) is 12.7. The van der Waals surface area contributed by atoms with E-state index in [1.807, 2.05) is 6.07 Å². The molecule has 2 atom stereocenters. The van der Waals surface area contributed by atoms with Gasteiger partial charge in [0.25, 0.3) is 0 Å². The first-order chi connectivity index (χ1) is 19.9. The zero-order valence-electron chi connectivity index (χ0n) is 25.9. The number of hydrogen-bond donors (Lipinski definition) is 1. The topological polar surface area (TPSA) is 139 Å². The summed E-state index contributed by atoms with van der Waals surface area (Å²) in [5.41, 5.74) is 8.68. The van der Waals surface area contributed by atoms with Crippen LogP contribution in [0.5, 0.6) is 5.75 Å². The Kier molecular flexibility index (Phi) is 9.71. The van der Waals surface area contributed by atoms with Crippen LogP contribution in [0.1, 0.15) is 68.7 Å². The Morgan fingerprint density at radius 1 is 1.26 bits per heavy atom. The first-order valence-electron chi connectivity index (χ1n) is 14.4. The molecule has 1 fully saturated rings. The Balaban J connectivity index is 1.82. The van der Waals surface area contributed by atoms with E-state index in [1.165, 1.54) is 6.20 Å². The number of aromatic nitrogens is 2. The molecule has 2 aromatic heterocycles. The van der Waals surface area contributed by atoms with E-state index in [0.29, 0.717) is 62.3 Å². The normalized spacial score (nSPS) is 20.8. The van der Waals surface area contributed by atoms with Gasteiger partial charge in [0.2, 0.25) is 17.9 Å². The summed E-state index contributed by atoms with van der Waals surface area (Å²) in [6, 6.07) is 5.17. The largest absolute Gasteiger partial charge is 0.489 e. The van der Waals surface area contributed by atoms with Crippen LogP contribution in [0.3, 0.4) is 0 Å². The van der Waals surface area contributed by atoms with Crippen molar-refractivity contribution in [1.82, 2.24) is 14.5 Å². The lowest BCUT2D eigenvalue weighted by molar-refractivity contribution is -0.109. The fraction of sp³-hybridized carbons (Fsp3) is 0.600. The van der Waals surface area contributed by atoms with Crippen LogP contribution >= 0.6 is 0 Å². The van der Waals surface area contributed by atoms with Crippen LogP contribution in [-0.4, -0.2) is 64.4 Å². The Hall–Kier alpha value is -2.92. The van der Waals surface area contributed by atoms with E-state index in [1.54, 1.807) is 20.3 Å². The third-order valence-electron chi connectivity index (χ3n) is 8.73. The van der Waals surface area contributed by atoms with E-state index in [2.05, 4.69) is 44.9 Å². The summed E-state index contributed by atoms with van der Waals surface area (Å²) >= 11 is 0. The predicted molar refractivity (Wildman–Crippen MR) is 161 cm³/mol. The summed E-state index contributed by atoms with van der Waals surface area (Å²) in [4.78, 5) is 23.0.